The number of nitrogens with zero attached hydrogens (tertiary/aromatic N) is 1. The number of rotatable bonds is 2. The van der Waals surface area contributed by atoms with Crippen molar-refractivity contribution in [3.05, 3.63) is 36.2 Å². The highest BCUT2D eigenvalue weighted by Crippen LogP contribution is 2.42. The van der Waals surface area contributed by atoms with Gasteiger partial charge in [0, 0.05) is 6.42 Å². The smallest absolute Gasteiger partial charge is 0.249 e. The van der Waals surface area contributed by atoms with Crippen molar-refractivity contribution in [2.75, 3.05) is 4.90 Å². The molecule has 1 saturated heterocycles. The highest BCUT2D eigenvalue weighted by Gasteiger charge is 2.38. The molecule has 0 spiro atoms. The van der Waals surface area contributed by atoms with Gasteiger partial charge in [-0.2, -0.15) is 0 Å². The van der Waals surface area contributed by atoms with Crippen molar-refractivity contribution in [3.8, 4) is 5.75 Å². The zero-order valence-electron chi connectivity index (χ0n) is 12.2. The van der Waals surface area contributed by atoms with Crippen molar-refractivity contribution in [2.24, 2.45) is 0 Å². The van der Waals surface area contributed by atoms with Crippen LogP contribution < -0.4 is 15.0 Å². The Kier molecular flexibility index (Phi) is 3.20. The molecule has 21 heavy (non-hydrogen) atoms. The lowest BCUT2D eigenvalue weighted by atomic mass is 10.0. The Balaban J connectivity index is 1.98. The molecular formula is C16H18N2O3. The number of ether oxygens (including phenoxy) is 1. The lowest BCUT2D eigenvalue weighted by Gasteiger charge is -2.30. The minimum atomic E-state index is -0.445. The number of amides is 2. The monoisotopic (exact) mass is 286 g/mol. The van der Waals surface area contributed by atoms with Crippen LogP contribution in [-0.4, -0.2) is 17.9 Å². The molecule has 0 radical (unpaired) electrons. The summed E-state index contributed by atoms with van der Waals surface area (Å²) in [4.78, 5) is 25.2. The van der Waals surface area contributed by atoms with E-state index >= 15 is 0 Å². The van der Waals surface area contributed by atoms with Crippen LogP contribution in [0.15, 0.2) is 30.7 Å². The van der Waals surface area contributed by atoms with E-state index in [1.807, 2.05) is 18.2 Å². The van der Waals surface area contributed by atoms with Crippen LogP contribution in [0.2, 0.25) is 0 Å². The molecule has 1 unspecified atom stereocenters. The van der Waals surface area contributed by atoms with Crippen molar-refractivity contribution in [1.29, 1.82) is 0 Å². The quantitative estimate of drug-likeness (QED) is 0.847. The molecular weight excluding hydrogens is 268 g/mol. The molecule has 2 amide bonds. The van der Waals surface area contributed by atoms with Gasteiger partial charge in [0.1, 0.15) is 6.04 Å². The Hall–Kier alpha value is -2.30. The summed E-state index contributed by atoms with van der Waals surface area (Å²) in [5, 5.41) is 2.38. The van der Waals surface area contributed by atoms with Crippen LogP contribution in [0, 0.1) is 0 Å². The second-order valence-electron chi connectivity index (χ2n) is 5.71. The number of hydrogen-bond acceptors (Lipinski definition) is 4. The van der Waals surface area contributed by atoms with Crippen LogP contribution in [0.25, 0.3) is 0 Å². The zero-order chi connectivity index (χ0) is 15.1. The molecule has 5 heteroatoms. The maximum absolute atomic E-state index is 12.1. The minimum absolute atomic E-state index is 0.224. The van der Waals surface area contributed by atoms with E-state index < -0.39 is 6.04 Å². The van der Waals surface area contributed by atoms with E-state index in [4.69, 9.17) is 4.74 Å². The third-order valence-electron chi connectivity index (χ3n) is 3.93. The molecule has 2 aliphatic rings. The topological polar surface area (TPSA) is 58.6 Å². The van der Waals surface area contributed by atoms with Gasteiger partial charge in [-0.05, 0) is 36.6 Å². The number of carbonyl (C=O) groups is 2. The average Bonchev–Trinajstić information content (AvgIpc) is 2.74. The molecule has 5 nitrogen and oxygen atoms in total. The number of fused-ring (bicyclic) bond motifs is 1. The first-order valence-electron chi connectivity index (χ1n) is 7.11. The van der Waals surface area contributed by atoms with E-state index in [-0.39, 0.29) is 11.8 Å². The second kappa shape index (κ2) is 4.91. The van der Waals surface area contributed by atoms with E-state index in [1.165, 1.54) is 5.56 Å². The van der Waals surface area contributed by atoms with Crippen LogP contribution in [0.4, 0.5) is 5.69 Å². The largest absolute Gasteiger partial charge is 0.439 e. The van der Waals surface area contributed by atoms with Crippen LogP contribution in [0.1, 0.15) is 38.2 Å². The van der Waals surface area contributed by atoms with Gasteiger partial charge < -0.3 is 4.74 Å². The summed E-state index contributed by atoms with van der Waals surface area (Å²) in [6.45, 7) is 8.12. The van der Waals surface area contributed by atoms with Gasteiger partial charge in [-0.1, -0.05) is 19.9 Å². The van der Waals surface area contributed by atoms with E-state index in [1.54, 1.807) is 4.90 Å². The third kappa shape index (κ3) is 2.28. The third-order valence-corrected chi connectivity index (χ3v) is 3.93. The molecule has 1 fully saturated rings. The number of hydrogen-bond donors (Lipinski definition) is 1. The number of benzene rings is 1. The predicted molar refractivity (Wildman–Crippen MR) is 78.9 cm³/mol. The normalized spacial score (nSPS) is 21.4. The molecule has 1 N–H and O–H groups in total. The second-order valence-corrected chi connectivity index (χ2v) is 5.71. The molecule has 0 aliphatic carbocycles. The number of anilines is 1. The first kappa shape index (κ1) is 13.7. The van der Waals surface area contributed by atoms with Gasteiger partial charge in [-0.3, -0.25) is 19.8 Å². The van der Waals surface area contributed by atoms with Crippen LogP contribution in [0.3, 0.4) is 0 Å². The molecule has 2 heterocycles. The SMILES string of the molecule is C=C1Oc2ccc(C(C)C)cc2N1C1CCC(=O)NC1=O. The Morgan fingerprint density at radius 3 is 2.81 bits per heavy atom. The Bertz CT molecular complexity index is 636. The summed E-state index contributed by atoms with van der Waals surface area (Å²) < 4.78 is 5.65. The molecule has 1 aromatic carbocycles. The molecule has 0 saturated carbocycles. The fourth-order valence-electron chi connectivity index (χ4n) is 2.75. The van der Waals surface area contributed by atoms with Crippen molar-refractivity contribution < 1.29 is 14.3 Å². The average molecular weight is 286 g/mol. The van der Waals surface area contributed by atoms with E-state index in [2.05, 4.69) is 25.7 Å². The lowest BCUT2D eigenvalue weighted by molar-refractivity contribution is -0.134. The fraction of sp³-hybridized carbons (Fsp3) is 0.375. The molecule has 0 aromatic heterocycles. The van der Waals surface area contributed by atoms with E-state index in [0.717, 1.165) is 5.69 Å². The van der Waals surface area contributed by atoms with Crippen LogP contribution in [-0.2, 0) is 9.59 Å². The van der Waals surface area contributed by atoms with Gasteiger partial charge in [-0.25, -0.2) is 0 Å². The molecule has 0 bridgehead atoms. The molecule has 3 rings (SSSR count). The first-order chi connectivity index (χ1) is 9.97. The summed E-state index contributed by atoms with van der Waals surface area (Å²) in [7, 11) is 0. The van der Waals surface area contributed by atoms with Crippen LogP contribution >= 0.6 is 0 Å². The molecule has 1 atom stereocenters. The van der Waals surface area contributed by atoms with Gasteiger partial charge in [0.2, 0.25) is 11.8 Å². The number of piperidine rings is 1. The fourth-order valence-corrected chi connectivity index (χ4v) is 2.75. The maximum atomic E-state index is 12.1. The Morgan fingerprint density at radius 1 is 1.38 bits per heavy atom. The maximum Gasteiger partial charge on any atom is 0.249 e. The van der Waals surface area contributed by atoms with Crippen LogP contribution in [0.5, 0.6) is 5.75 Å². The lowest BCUT2D eigenvalue weighted by Crippen LogP contribution is -2.51. The van der Waals surface area contributed by atoms with Crippen molar-refractivity contribution in [2.45, 2.75) is 38.6 Å². The van der Waals surface area contributed by atoms with Crippen molar-refractivity contribution in [1.82, 2.24) is 5.32 Å². The summed E-state index contributed by atoms with van der Waals surface area (Å²) in [5.41, 5.74) is 2.02. The summed E-state index contributed by atoms with van der Waals surface area (Å²) in [5.74, 6) is 0.999. The highest BCUT2D eigenvalue weighted by molar-refractivity contribution is 6.02. The van der Waals surface area contributed by atoms with Gasteiger partial charge in [-0.15, -0.1) is 0 Å². The molecule has 1 aromatic rings. The zero-order valence-corrected chi connectivity index (χ0v) is 12.2. The Labute approximate surface area is 123 Å². The van der Waals surface area contributed by atoms with Gasteiger partial charge in [0.05, 0.1) is 5.69 Å². The van der Waals surface area contributed by atoms with Gasteiger partial charge in [0.15, 0.2) is 11.6 Å². The van der Waals surface area contributed by atoms with Crippen molar-refractivity contribution >= 4 is 17.5 Å². The van der Waals surface area contributed by atoms with Gasteiger partial charge in [0.25, 0.3) is 0 Å². The number of nitrogens with one attached hydrogen (secondary N) is 1. The molecule has 110 valence electrons. The summed E-state index contributed by atoms with van der Waals surface area (Å²) in [6, 6.07) is 5.51. The first-order valence-corrected chi connectivity index (χ1v) is 7.11. The summed E-state index contributed by atoms with van der Waals surface area (Å²) >= 11 is 0. The Morgan fingerprint density at radius 2 is 2.14 bits per heavy atom. The van der Waals surface area contributed by atoms with Gasteiger partial charge >= 0.3 is 0 Å². The number of carbonyl (C=O) groups excluding carboxylic acids is 2. The standard InChI is InChI=1S/C16H18N2O3/c1-9(2)11-4-6-14-13(8-11)18(10(3)21-14)12-5-7-15(19)17-16(12)20/h4,6,8-9,12H,3,5,7H2,1-2H3,(H,17,19,20). The van der Waals surface area contributed by atoms with E-state index in [0.29, 0.717) is 30.4 Å². The molecule has 2 aliphatic heterocycles. The van der Waals surface area contributed by atoms with Crippen molar-refractivity contribution in [3.63, 3.8) is 0 Å². The van der Waals surface area contributed by atoms with E-state index in [9.17, 15) is 9.59 Å². The minimum Gasteiger partial charge on any atom is -0.439 e. The number of imide groups is 1. The predicted octanol–water partition coefficient (Wildman–Crippen LogP) is 2.29. The highest BCUT2D eigenvalue weighted by atomic mass is 16.5. The summed E-state index contributed by atoms with van der Waals surface area (Å²) in [6.07, 6.45) is 0.803.